The lowest BCUT2D eigenvalue weighted by Crippen LogP contribution is -2.43. The van der Waals surface area contributed by atoms with E-state index < -0.39 is 0 Å². The van der Waals surface area contributed by atoms with E-state index in [1.165, 1.54) is 11.8 Å². The fourth-order valence-corrected chi connectivity index (χ4v) is 2.70. The smallest absolute Gasteiger partial charge is 0.265 e. The van der Waals surface area contributed by atoms with Crippen LogP contribution in [-0.4, -0.2) is 30.9 Å². The van der Waals surface area contributed by atoms with E-state index in [0.717, 1.165) is 0 Å². The number of hydrogen-bond acceptors (Lipinski definition) is 4. The molecule has 2 N–H and O–H groups in total. The Bertz CT molecular complexity index is 867. The predicted molar refractivity (Wildman–Crippen MR) is 98.7 cm³/mol. The fourth-order valence-electron chi connectivity index (χ4n) is 2.53. The third-order valence-corrected chi connectivity index (χ3v) is 3.89. The van der Waals surface area contributed by atoms with Crippen LogP contribution in [0.25, 0.3) is 0 Å². The van der Waals surface area contributed by atoms with Crippen LogP contribution in [0.4, 0.5) is 17.1 Å². The topological polar surface area (TPSA) is 87.7 Å². The number of benzene rings is 2. The number of rotatable bonds is 4. The van der Waals surface area contributed by atoms with Gasteiger partial charge in [0.05, 0.1) is 5.69 Å². The lowest BCUT2D eigenvalue weighted by atomic mass is 10.2. The van der Waals surface area contributed by atoms with Gasteiger partial charge >= 0.3 is 0 Å². The summed E-state index contributed by atoms with van der Waals surface area (Å²) in [5.41, 5.74) is 1.64. The van der Waals surface area contributed by atoms with Crippen molar-refractivity contribution in [1.82, 2.24) is 0 Å². The fraction of sp³-hybridized carbons (Fsp3) is 0.167. The van der Waals surface area contributed by atoms with Crippen LogP contribution in [0.3, 0.4) is 0 Å². The summed E-state index contributed by atoms with van der Waals surface area (Å²) in [6, 6.07) is 11.6. The van der Waals surface area contributed by atoms with E-state index in [1.807, 2.05) is 0 Å². The van der Waals surface area contributed by atoms with Crippen molar-refractivity contribution in [1.29, 1.82) is 0 Å². The summed E-state index contributed by atoms with van der Waals surface area (Å²) in [6.45, 7) is 1.12. The Hall–Kier alpha value is -3.06. The third-order valence-electron chi connectivity index (χ3n) is 3.65. The standard InChI is InChI=1S/C18H16ClN3O4/c1-11(23)20-13-3-5-14(6-4-13)21-17(24)9-22-15-8-12(19)2-7-16(15)26-10-18(22)25/h2-8H,9-10H2,1H3,(H,20,23)(H,21,24). The molecule has 7 nitrogen and oxygen atoms in total. The normalized spacial score (nSPS) is 12.8. The molecule has 0 saturated heterocycles. The molecule has 1 heterocycles. The highest BCUT2D eigenvalue weighted by Gasteiger charge is 2.27. The SMILES string of the molecule is CC(=O)Nc1ccc(NC(=O)CN2C(=O)COc3ccc(Cl)cc32)cc1. The minimum absolute atomic E-state index is 0.132. The van der Waals surface area contributed by atoms with Crippen LogP contribution in [0.1, 0.15) is 6.92 Å². The first kappa shape index (κ1) is 17.8. The number of halogens is 1. The number of carbonyl (C=O) groups excluding carboxylic acids is 3. The van der Waals surface area contributed by atoms with Gasteiger partial charge < -0.3 is 15.4 Å². The van der Waals surface area contributed by atoms with Gasteiger partial charge in [-0.1, -0.05) is 11.6 Å². The molecular formula is C18H16ClN3O4. The number of nitrogens with zero attached hydrogens (tertiary/aromatic N) is 1. The maximum absolute atomic E-state index is 12.3. The predicted octanol–water partition coefficient (Wildman–Crippen LogP) is 2.66. The Morgan fingerprint density at radius 2 is 1.77 bits per heavy atom. The quantitative estimate of drug-likeness (QED) is 0.862. The van der Waals surface area contributed by atoms with Crippen molar-refractivity contribution in [2.45, 2.75) is 6.92 Å². The Kier molecular flexibility index (Phi) is 5.09. The van der Waals surface area contributed by atoms with Crippen molar-refractivity contribution < 1.29 is 19.1 Å². The van der Waals surface area contributed by atoms with Gasteiger partial charge in [0.25, 0.3) is 5.91 Å². The van der Waals surface area contributed by atoms with Crippen molar-refractivity contribution in [3.05, 3.63) is 47.5 Å². The van der Waals surface area contributed by atoms with Crippen molar-refractivity contribution in [2.75, 3.05) is 28.7 Å². The molecule has 1 aliphatic heterocycles. The highest BCUT2D eigenvalue weighted by atomic mass is 35.5. The maximum atomic E-state index is 12.3. The van der Waals surface area contributed by atoms with E-state index in [0.29, 0.717) is 27.8 Å². The molecular weight excluding hydrogens is 358 g/mol. The number of amides is 3. The first-order valence-electron chi connectivity index (χ1n) is 7.82. The molecule has 26 heavy (non-hydrogen) atoms. The Morgan fingerprint density at radius 1 is 1.12 bits per heavy atom. The molecule has 1 aliphatic rings. The second-order valence-corrected chi connectivity index (χ2v) is 6.12. The van der Waals surface area contributed by atoms with Gasteiger partial charge in [-0.2, -0.15) is 0 Å². The minimum Gasteiger partial charge on any atom is -0.482 e. The van der Waals surface area contributed by atoms with Gasteiger partial charge in [0, 0.05) is 23.3 Å². The molecule has 2 aromatic carbocycles. The van der Waals surface area contributed by atoms with Crippen molar-refractivity contribution in [2.24, 2.45) is 0 Å². The van der Waals surface area contributed by atoms with Gasteiger partial charge in [-0.15, -0.1) is 0 Å². The zero-order chi connectivity index (χ0) is 18.7. The highest BCUT2D eigenvalue weighted by molar-refractivity contribution is 6.31. The Labute approximate surface area is 154 Å². The average Bonchev–Trinajstić information content (AvgIpc) is 2.59. The molecule has 0 aromatic heterocycles. The Morgan fingerprint density at radius 3 is 2.42 bits per heavy atom. The van der Waals surface area contributed by atoms with Crippen molar-refractivity contribution in [3.63, 3.8) is 0 Å². The molecule has 8 heteroatoms. The lowest BCUT2D eigenvalue weighted by molar-refractivity contribution is -0.123. The van der Waals surface area contributed by atoms with E-state index in [9.17, 15) is 14.4 Å². The van der Waals surface area contributed by atoms with E-state index in [1.54, 1.807) is 42.5 Å². The number of hydrogen-bond donors (Lipinski definition) is 2. The van der Waals surface area contributed by atoms with Crippen molar-refractivity contribution in [3.8, 4) is 5.75 Å². The maximum Gasteiger partial charge on any atom is 0.265 e. The number of nitrogens with one attached hydrogen (secondary N) is 2. The summed E-state index contributed by atoms with van der Waals surface area (Å²) in [4.78, 5) is 36.8. The van der Waals surface area contributed by atoms with E-state index >= 15 is 0 Å². The molecule has 134 valence electrons. The van der Waals surface area contributed by atoms with Crippen LogP contribution < -0.4 is 20.3 Å². The van der Waals surface area contributed by atoms with E-state index in [-0.39, 0.29) is 30.9 Å². The molecule has 0 spiro atoms. The first-order chi connectivity index (χ1) is 12.4. The summed E-state index contributed by atoms with van der Waals surface area (Å²) in [5, 5.41) is 5.80. The summed E-state index contributed by atoms with van der Waals surface area (Å²) in [5.74, 6) is -0.360. The second kappa shape index (κ2) is 7.45. The van der Waals surface area contributed by atoms with Gasteiger partial charge in [-0.25, -0.2) is 0 Å². The second-order valence-electron chi connectivity index (χ2n) is 5.69. The van der Waals surface area contributed by atoms with Gasteiger partial charge in [0.15, 0.2) is 6.61 Å². The lowest BCUT2D eigenvalue weighted by Gasteiger charge is -2.29. The Balaban J connectivity index is 1.69. The largest absolute Gasteiger partial charge is 0.482 e. The first-order valence-corrected chi connectivity index (χ1v) is 8.20. The summed E-state index contributed by atoms with van der Waals surface area (Å²) >= 11 is 5.98. The minimum atomic E-state index is -0.363. The molecule has 0 radical (unpaired) electrons. The molecule has 3 amide bonds. The monoisotopic (exact) mass is 373 g/mol. The van der Waals surface area contributed by atoms with Gasteiger partial charge in [0.2, 0.25) is 11.8 Å². The van der Waals surface area contributed by atoms with Crippen LogP contribution in [0.2, 0.25) is 5.02 Å². The van der Waals surface area contributed by atoms with E-state index in [4.69, 9.17) is 16.3 Å². The number of anilines is 3. The molecule has 0 aliphatic carbocycles. The average molecular weight is 374 g/mol. The number of carbonyl (C=O) groups is 3. The van der Waals surface area contributed by atoms with Gasteiger partial charge in [0.1, 0.15) is 12.3 Å². The zero-order valence-corrected chi connectivity index (χ0v) is 14.7. The summed E-state index contributed by atoms with van der Waals surface area (Å²) in [6.07, 6.45) is 0. The number of fused-ring (bicyclic) bond motifs is 1. The molecule has 2 aromatic rings. The molecule has 0 bridgehead atoms. The van der Waals surface area contributed by atoms with Crippen LogP contribution in [0, 0.1) is 0 Å². The van der Waals surface area contributed by atoms with Gasteiger partial charge in [-0.05, 0) is 42.5 Å². The molecule has 3 rings (SSSR count). The van der Waals surface area contributed by atoms with Crippen LogP contribution in [0.5, 0.6) is 5.75 Å². The van der Waals surface area contributed by atoms with Crippen LogP contribution >= 0.6 is 11.6 Å². The molecule has 0 atom stereocenters. The van der Waals surface area contributed by atoms with Crippen molar-refractivity contribution >= 4 is 46.4 Å². The number of ether oxygens (including phenoxy) is 1. The van der Waals surface area contributed by atoms with Crippen LogP contribution in [0.15, 0.2) is 42.5 Å². The summed E-state index contributed by atoms with van der Waals surface area (Å²) < 4.78 is 5.35. The third kappa shape index (κ3) is 4.12. The van der Waals surface area contributed by atoms with Gasteiger partial charge in [-0.3, -0.25) is 19.3 Å². The van der Waals surface area contributed by atoms with Crippen LogP contribution in [-0.2, 0) is 14.4 Å². The molecule has 0 saturated carbocycles. The molecule has 0 fully saturated rings. The van der Waals surface area contributed by atoms with E-state index in [2.05, 4.69) is 10.6 Å². The summed E-state index contributed by atoms with van der Waals surface area (Å²) in [7, 11) is 0. The zero-order valence-electron chi connectivity index (χ0n) is 13.9. The molecule has 0 unspecified atom stereocenters. The highest BCUT2D eigenvalue weighted by Crippen LogP contribution is 2.34.